The van der Waals surface area contributed by atoms with E-state index in [1.165, 1.54) is 37.8 Å². The Bertz CT molecular complexity index is 427. The number of rotatable bonds is 5. The van der Waals surface area contributed by atoms with Crippen LogP contribution in [0.1, 0.15) is 50.8 Å². The standard InChI is InChI=1S/C16H28N4/c1-4-8-17-16(15-7-9-18-20(15)3)12-10-13-5-6-14(11-12)19(13)2/h7,9,12-14,16-17H,4-6,8,10-11H2,1-3H3. The van der Waals surface area contributed by atoms with Crippen molar-refractivity contribution in [3.05, 3.63) is 18.0 Å². The number of piperidine rings is 1. The number of fused-ring (bicyclic) bond motifs is 2. The molecule has 1 aromatic rings. The van der Waals surface area contributed by atoms with Crippen LogP contribution in [0.2, 0.25) is 0 Å². The Labute approximate surface area is 122 Å². The number of nitrogens with zero attached hydrogens (tertiary/aromatic N) is 3. The van der Waals surface area contributed by atoms with Crippen LogP contribution in [0, 0.1) is 5.92 Å². The zero-order valence-corrected chi connectivity index (χ0v) is 13.0. The predicted octanol–water partition coefficient (Wildman–Crippen LogP) is 2.33. The van der Waals surface area contributed by atoms with E-state index in [2.05, 4.69) is 42.4 Å². The predicted molar refractivity (Wildman–Crippen MR) is 81.5 cm³/mol. The lowest BCUT2D eigenvalue weighted by molar-refractivity contribution is 0.110. The van der Waals surface area contributed by atoms with E-state index in [1.807, 2.05) is 10.9 Å². The maximum atomic E-state index is 4.38. The van der Waals surface area contributed by atoms with Crippen LogP contribution in [0.3, 0.4) is 0 Å². The smallest absolute Gasteiger partial charge is 0.0553 e. The van der Waals surface area contributed by atoms with E-state index >= 15 is 0 Å². The van der Waals surface area contributed by atoms with E-state index in [0.717, 1.165) is 24.5 Å². The summed E-state index contributed by atoms with van der Waals surface area (Å²) < 4.78 is 2.05. The van der Waals surface area contributed by atoms with Gasteiger partial charge in [0.25, 0.3) is 0 Å². The fourth-order valence-corrected chi connectivity index (χ4v) is 4.23. The number of hydrogen-bond donors (Lipinski definition) is 1. The highest BCUT2D eigenvalue weighted by atomic mass is 15.3. The lowest BCUT2D eigenvalue weighted by Gasteiger charge is -2.40. The van der Waals surface area contributed by atoms with E-state index < -0.39 is 0 Å². The van der Waals surface area contributed by atoms with Gasteiger partial charge in [0.1, 0.15) is 0 Å². The Balaban J connectivity index is 1.78. The van der Waals surface area contributed by atoms with Crippen LogP contribution >= 0.6 is 0 Å². The highest BCUT2D eigenvalue weighted by Gasteiger charge is 2.41. The van der Waals surface area contributed by atoms with Crippen LogP contribution < -0.4 is 5.32 Å². The lowest BCUT2D eigenvalue weighted by atomic mass is 9.83. The molecule has 2 saturated heterocycles. The van der Waals surface area contributed by atoms with Gasteiger partial charge in [0.2, 0.25) is 0 Å². The van der Waals surface area contributed by atoms with Crippen LogP contribution in [0.15, 0.2) is 12.3 Å². The van der Waals surface area contributed by atoms with Crippen LogP contribution in [0.25, 0.3) is 0 Å². The molecule has 0 amide bonds. The Hall–Kier alpha value is -0.870. The van der Waals surface area contributed by atoms with E-state index in [0.29, 0.717) is 6.04 Å². The molecule has 1 aromatic heterocycles. The quantitative estimate of drug-likeness (QED) is 0.896. The van der Waals surface area contributed by atoms with Gasteiger partial charge in [-0.15, -0.1) is 0 Å². The van der Waals surface area contributed by atoms with Crippen molar-refractivity contribution in [2.75, 3.05) is 13.6 Å². The molecule has 3 unspecified atom stereocenters. The minimum absolute atomic E-state index is 0.472. The summed E-state index contributed by atoms with van der Waals surface area (Å²) in [5.74, 6) is 0.755. The van der Waals surface area contributed by atoms with Gasteiger partial charge in [-0.25, -0.2) is 0 Å². The summed E-state index contributed by atoms with van der Waals surface area (Å²) in [6.45, 7) is 3.34. The van der Waals surface area contributed by atoms with Gasteiger partial charge in [0.15, 0.2) is 0 Å². The highest BCUT2D eigenvalue weighted by Crippen LogP contribution is 2.42. The molecule has 20 heavy (non-hydrogen) atoms. The lowest BCUT2D eigenvalue weighted by Crippen LogP contribution is -2.44. The van der Waals surface area contributed by atoms with Gasteiger partial charge >= 0.3 is 0 Å². The first-order chi connectivity index (χ1) is 9.70. The van der Waals surface area contributed by atoms with Gasteiger partial charge in [-0.3, -0.25) is 4.68 Å². The second kappa shape index (κ2) is 5.86. The Kier molecular flexibility index (Phi) is 4.13. The molecule has 3 rings (SSSR count). The molecule has 0 radical (unpaired) electrons. The third-order valence-corrected chi connectivity index (χ3v) is 5.40. The van der Waals surface area contributed by atoms with Gasteiger partial charge in [-0.2, -0.15) is 5.10 Å². The molecule has 0 aliphatic carbocycles. The molecule has 4 heteroatoms. The largest absolute Gasteiger partial charge is 0.308 e. The third-order valence-electron chi connectivity index (χ3n) is 5.40. The van der Waals surface area contributed by atoms with Gasteiger partial charge < -0.3 is 10.2 Å². The van der Waals surface area contributed by atoms with Crippen molar-refractivity contribution in [2.45, 2.75) is 57.2 Å². The van der Waals surface area contributed by atoms with Crippen molar-refractivity contribution in [3.63, 3.8) is 0 Å². The average Bonchev–Trinajstić information content (AvgIpc) is 2.92. The van der Waals surface area contributed by atoms with E-state index in [4.69, 9.17) is 0 Å². The molecular weight excluding hydrogens is 248 g/mol. The third kappa shape index (κ3) is 2.51. The number of nitrogens with one attached hydrogen (secondary N) is 1. The Morgan fingerprint density at radius 2 is 2.00 bits per heavy atom. The van der Waals surface area contributed by atoms with E-state index in [9.17, 15) is 0 Å². The molecule has 0 spiro atoms. The summed E-state index contributed by atoms with van der Waals surface area (Å²) >= 11 is 0. The Morgan fingerprint density at radius 3 is 2.55 bits per heavy atom. The first-order valence-electron chi connectivity index (χ1n) is 8.14. The summed E-state index contributed by atoms with van der Waals surface area (Å²) in [7, 11) is 4.39. The zero-order valence-electron chi connectivity index (χ0n) is 13.0. The fraction of sp³-hybridized carbons (Fsp3) is 0.812. The molecular formula is C16H28N4. The van der Waals surface area contributed by atoms with Gasteiger partial charge in [-0.05, 0) is 57.7 Å². The molecule has 2 aliphatic rings. The minimum atomic E-state index is 0.472. The number of aromatic nitrogens is 2. The molecule has 1 N–H and O–H groups in total. The topological polar surface area (TPSA) is 33.1 Å². The van der Waals surface area contributed by atoms with Crippen molar-refractivity contribution in [1.29, 1.82) is 0 Å². The van der Waals surface area contributed by atoms with Crippen molar-refractivity contribution < 1.29 is 0 Å². The van der Waals surface area contributed by atoms with Crippen LogP contribution in [-0.4, -0.2) is 40.4 Å². The molecule has 4 nitrogen and oxygen atoms in total. The molecule has 2 aliphatic heterocycles. The average molecular weight is 276 g/mol. The maximum Gasteiger partial charge on any atom is 0.0553 e. The molecule has 2 bridgehead atoms. The van der Waals surface area contributed by atoms with Crippen LogP contribution in [-0.2, 0) is 7.05 Å². The van der Waals surface area contributed by atoms with Crippen molar-refractivity contribution in [2.24, 2.45) is 13.0 Å². The summed E-state index contributed by atoms with van der Waals surface area (Å²) in [5, 5.41) is 8.16. The second-order valence-corrected chi connectivity index (χ2v) is 6.59. The van der Waals surface area contributed by atoms with Gasteiger partial charge in [-0.1, -0.05) is 6.92 Å². The second-order valence-electron chi connectivity index (χ2n) is 6.59. The maximum absolute atomic E-state index is 4.38. The highest BCUT2D eigenvalue weighted by molar-refractivity contribution is 5.10. The molecule has 0 saturated carbocycles. The molecule has 0 aromatic carbocycles. The molecule has 3 atom stereocenters. The summed E-state index contributed by atoms with van der Waals surface area (Å²) in [4.78, 5) is 2.62. The molecule has 112 valence electrons. The zero-order chi connectivity index (χ0) is 14.1. The van der Waals surface area contributed by atoms with E-state index in [1.54, 1.807) is 0 Å². The first kappa shape index (κ1) is 14.1. The number of aryl methyl sites for hydroxylation is 1. The summed E-state index contributed by atoms with van der Waals surface area (Å²) in [6, 6.07) is 4.27. The fourth-order valence-electron chi connectivity index (χ4n) is 4.23. The van der Waals surface area contributed by atoms with Gasteiger partial charge in [0, 0.05) is 25.3 Å². The minimum Gasteiger partial charge on any atom is -0.308 e. The first-order valence-corrected chi connectivity index (χ1v) is 8.14. The molecule has 2 fully saturated rings. The van der Waals surface area contributed by atoms with Crippen LogP contribution in [0.5, 0.6) is 0 Å². The van der Waals surface area contributed by atoms with Crippen molar-refractivity contribution >= 4 is 0 Å². The summed E-state index contributed by atoms with van der Waals surface area (Å²) in [6.07, 6.45) is 8.57. The molecule has 3 heterocycles. The summed E-state index contributed by atoms with van der Waals surface area (Å²) in [5.41, 5.74) is 1.35. The Morgan fingerprint density at radius 1 is 1.30 bits per heavy atom. The van der Waals surface area contributed by atoms with Crippen molar-refractivity contribution in [3.8, 4) is 0 Å². The van der Waals surface area contributed by atoms with Gasteiger partial charge in [0.05, 0.1) is 11.7 Å². The van der Waals surface area contributed by atoms with E-state index in [-0.39, 0.29) is 0 Å². The normalized spacial score (nSPS) is 31.6. The van der Waals surface area contributed by atoms with Crippen molar-refractivity contribution in [1.82, 2.24) is 20.0 Å². The monoisotopic (exact) mass is 276 g/mol. The SMILES string of the molecule is CCCNC(c1ccnn1C)C1CC2CCC(C1)N2C. The number of hydrogen-bond acceptors (Lipinski definition) is 3. The van der Waals surface area contributed by atoms with Crippen LogP contribution in [0.4, 0.5) is 0 Å².